The van der Waals surface area contributed by atoms with Gasteiger partial charge in [-0.15, -0.1) is 0 Å². The summed E-state index contributed by atoms with van der Waals surface area (Å²) in [6.07, 6.45) is 0. The molecule has 0 spiro atoms. The van der Waals surface area contributed by atoms with E-state index in [9.17, 15) is 5.11 Å². The van der Waals surface area contributed by atoms with Crippen molar-refractivity contribution >= 4 is 0 Å². The standard InChI is InChI=1S/C18H22O2/c1-17(2,19)18(3,4)20-16-13-9-8-12-15(16)14-10-6-5-7-11-14/h5-13,19H,1-4H3. The number of rotatable bonds is 4. The lowest BCUT2D eigenvalue weighted by atomic mass is 9.89. The minimum Gasteiger partial charge on any atom is -0.484 e. The van der Waals surface area contributed by atoms with Crippen molar-refractivity contribution in [1.29, 1.82) is 0 Å². The van der Waals surface area contributed by atoms with Crippen molar-refractivity contribution in [2.24, 2.45) is 0 Å². The van der Waals surface area contributed by atoms with Crippen molar-refractivity contribution in [3.63, 3.8) is 0 Å². The number of benzene rings is 2. The Bertz CT molecular complexity index is 565. The molecule has 0 aliphatic rings. The summed E-state index contributed by atoms with van der Waals surface area (Å²) in [5.74, 6) is 0.783. The molecule has 0 aliphatic carbocycles. The van der Waals surface area contributed by atoms with Crippen molar-refractivity contribution in [2.75, 3.05) is 0 Å². The lowest BCUT2D eigenvalue weighted by molar-refractivity contribution is -0.0904. The van der Waals surface area contributed by atoms with Crippen molar-refractivity contribution in [3.05, 3.63) is 54.6 Å². The number of ether oxygens (including phenoxy) is 1. The van der Waals surface area contributed by atoms with Crippen LogP contribution in [-0.4, -0.2) is 16.3 Å². The van der Waals surface area contributed by atoms with Gasteiger partial charge >= 0.3 is 0 Å². The van der Waals surface area contributed by atoms with Gasteiger partial charge < -0.3 is 9.84 Å². The van der Waals surface area contributed by atoms with E-state index in [2.05, 4.69) is 12.1 Å². The molecule has 2 heteroatoms. The Morgan fingerprint density at radius 2 is 1.35 bits per heavy atom. The third-order valence-corrected chi connectivity index (χ3v) is 3.81. The summed E-state index contributed by atoms with van der Waals surface area (Å²) >= 11 is 0. The van der Waals surface area contributed by atoms with E-state index in [-0.39, 0.29) is 0 Å². The highest BCUT2D eigenvalue weighted by atomic mass is 16.5. The maximum atomic E-state index is 10.2. The first kappa shape index (κ1) is 14.6. The largest absolute Gasteiger partial charge is 0.484 e. The molecular formula is C18H22O2. The van der Waals surface area contributed by atoms with Crippen LogP contribution in [-0.2, 0) is 0 Å². The predicted molar refractivity (Wildman–Crippen MR) is 82.9 cm³/mol. The Morgan fingerprint density at radius 1 is 0.800 bits per heavy atom. The molecule has 106 valence electrons. The number of hydrogen-bond donors (Lipinski definition) is 1. The molecule has 0 unspecified atom stereocenters. The van der Waals surface area contributed by atoms with E-state index in [1.807, 2.05) is 56.3 Å². The van der Waals surface area contributed by atoms with Gasteiger partial charge in [-0.3, -0.25) is 0 Å². The maximum absolute atomic E-state index is 10.2. The van der Waals surface area contributed by atoms with Crippen LogP contribution >= 0.6 is 0 Å². The van der Waals surface area contributed by atoms with E-state index in [0.717, 1.165) is 16.9 Å². The lowest BCUT2D eigenvalue weighted by Gasteiger charge is -2.38. The van der Waals surface area contributed by atoms with Gasteiger partial charge in [0.1, 0.15) is 11.4 Å². The third-order valence-electron chi connectivity index (χ3n) is 3.81. The molecule has 0 heterocycles. The Morgan fingerprint density at radius 3 is 1.95 bits per heavy atom. The SMILES string of the molecule is CC(C)(O)C(C)(C)Oc1ccccc1-c1ccccc1. The number of aliphatic hydroxyl groups is 1. The molecule has 2 rings (SSSR count). The van der Waals surface area contributed by atoms with Crippen LogP contribution in [0.15, 0.2) is 54.6 Å². The van der Waals surface area contributed by atoms with E-state index in [1.54, 1.807) is 13.8 Å². The molecule has 0 fully saturated rings. The van der Waals surface area contributed by atoms with Gasteiger partial charge in [0.05, 0.1) is 5.60 Å². The fraction of sp³-hybridized carbons (Fsp3) is 0.333. The van der Waals surface area contributed by atoms with Crippen LogP contribution in [0.1, 0.15) is 27.7 Å². The first-order valence-electron chi connectivity index (χ1n) is 6.87. The van der Waals surface area contributed by atoms with Crippen LogP contribution in [0.4, 0.5) is 0 Å². The highest BCUT2D eigenvalue weighted by Crippen LogP contribution is 2.35. The first-order chi connectivity index (χ1) is 9.31. The summed E-state index contributed by atoms with van der Waals surface area (Å²) < 4.78 is 6.10. The highest BCUT2D eigenvalue weighted by molar-refractivity contribution is 5.70. The second-order valence-corrected chi connectivity index (χ2v) is 6.03. The van der Waals surface area contributed by atoms with Gasteiger partial charge in [-0.1, -0.05) is 48.5 Å². The smallest absolute Gasteiger partial charge is 0.131 e. The molecule has 0 bridgehead atoms. The summed E-state index contributed by atoms with van der Waals surface area (Å²) in [6, 6.07) is 18.0. The molecule has 0 saturated heterocycles. The van der Waals surface area contributed by atoms with E-state index in [1.165, 1.54) is 0 Å². The molecule has 0 atom stereocenters. The van der Waals surface area contributed by atoms with Crippen molar-refractivity contribution in [3.8, 4) is 16.9 Å². The summed E-state index contributed by atoms with van der Waals surface area (Å²) in [6.45, 7) is 7.32. The summed E-state index contributed by atoms with van der Waals surface area (Å²) in [4.78, 5) is 0. The van der Waals surface area contributed by atoms with Gasteiger partial charge in [0.2, 0.25) is 0 Å². The topological polar surface area (TPSA) is 29.5 Å². The summed E-state index contributed by atoms with van der Waals surface area (Å²) in [5.41, 5.74) is 0.523. The Kier molecular flexibility index (Phi) is 3.87. The van der Waals surface area contributed by atoms with Gasteiger partial charge in [-0.25, -0.2) is 0 Å². The Hall–Kier alpha value is -1.80. The van der Waals surface area contributed by atoms with Gasteiger partial charge in [0.25, 0.3) is 0 Å². The molecule has 2 nitrogen and oxygen atoms in total. The second-order valence-electron chi connectivity index (χ2n) is 6.03. The van der Waals surface area contributed by atoms with Crippen molar-refractivity contribution in [2.45, 2.75) is 38.9 Å². The van der Waals surface area contributed by atoms with Gasteiger partial charge in [-0.05, 0) is 39.3 Å². The van der Waals surface area contributed by atoms with Crippen LogP contribution in [0.25, 0.3) is 11.1 Å². The summed E-state index contributed by atoms with van der Waals surface area (Å²) in [5, 5.41) is 10.2. The monoisotopic (exact) mass is 270 g/mol. The normalized spacial score (nSPS) is 12.2. The van der Waals surface area contributed by atoms with E-state index < -0.39 is 11.2 Å². The Labute approximate surface area is 121 Å². The minimum atomic E-state index is -0.934. The number of hydrogen-bond acceptors (Lipinski definition) is 2. The predicted octanol–water partition coefficient (Wildman–Crippen LogP) is 4.28. The van der Waals surface area contributed by atoms with Crippen LogP contribution in [0.5, 0.6) is 5.75 Å². The molecule has 2 aromatic rings. The van der Waals surface area contributed by atoms with Gasteiger partial charge in [0.15, 0.2) is 0 Å². The zero-order valence-corrected chi connectivity index (χ0v) is 12.6. The van der Waals surface area contributed by atoms with Gasteiger partial charge in [0, 0.05) is 5.56 Å². The molecule has 0 radical (unpaired) electrons. The van der Waals surface area contributed by atoms with Crippen LogP contribution in [0, 0.1) is 0 Å². The second kappa shape index (κ2) is 5.29. The summed E-state index contributed by atoms with van der Waals surface area (Å²) in [7, 11) is 0. The highest BCUT2D eigenvalue weighted by Gasteiger charge is 2.37. The molecule has 0 aromatic heterocycles. The fourth-order valence-corrected chi connectivity index (χ4v) is 1.81. The molecule has 0 saturated carbocycles. The van der Waals surface area contributed by atoms with Crippen LogP contribution in [0.3, 0.4) is 0 Å². The average molecular weight is 270 g/mol. The third kappa shape index (κ3) is 3.02. The van der Waals surface area contributed by atoms with Crippen molar-refractivity contribution in [1.82, 2.24) is 0 Å². The van der Waals surface area contributed by atoms with E-state index in [4.69, 9.17) is 4.74 Å². The van der Waals surface area contributed by atoms with Crippen LogP contribution < -0.4 is 4.74 Å². The maximum Gasteiger partial charge on any atom is 0.131 e. The number of para-hydroxylation sites is 1. The molecule has 20 heavy (non-hydrogen) atoms. The molecule has 0 aliphatic heterocycles. The first-order valence-corrected chi connectivity index (χ1v) is 6.87. The molecule has 1 N–H and O–H groups in total. The van der Waals surface area contributed by atoms with E-state index in [0.29, 0.717) is 0 Å². The molecule has 2 aromatic carbocycles. The zero-order chi connectivity index (χ0) is 14.8. The lowest BCUT2D eigenvalue weighted by Crippen LogP contribution is -2.49. The fourth-order valence-electron chi connectivity index (χ4n) is 1.81. The van der Waals surface area contributed by atoms with E-state index >= 15 is 0 Å². The zero-order valence-electron chi connectivity index (χ0n) is 12.6. The Balaban J connectivity index is 2.40. The average Bonchev–Trinajstić information content (AvgIpc) is 2.38. The molecular weight excluding hydrogens is 248 g/mol. The minimum absolute atomic E-state index is 0.683. The molecule has 0 amide bonds. The van der Waals surface area contributed by atoms with Crippen LogP contribution in [0.2, 0.25) is 0 Å². The quantitative estimate of drug-likeness (QED) is 0.898. The van der Waals surface area contributed by atoms with Gasteiger partial charge in [-0.2, -0.15) is 0 Å². The van der Waals surface area contributed by atoms with Crippen molar-refractivity contribution < 1.29 is 9.84 Å².